The van der Waals surface area contributed by atoms with Gasteiger partial charge in [-0.05, 0) is 49.5 Å². The van der Waals surface area contributed by atoms with Gasteiger partial charge in [0.2, 0.25) is 5.91 Å². The van der Waals surface area contributed by atoms with E-state index in [9.17, 15) is 19.5 Å². The van der Waals surface area contributed by atoms with E-state index >= 15 is 0 Å². The van der Waals surface area contributed by atoms with E-state index in [-0.39, 0.29) is 35.0 Å². The number of nitrogens with zero attached hydrogens (tertiary/aromatic N) is 1. The minimum atomic E-state index is -1.68. The van der Waals surface area contributed by atoms with Gasteiger partial charge in [-0.25, -0.2) is 0 Å². The fraction of sp³-hybridized carbons (Fsp3) is 0.696. The SMILES string of the molecule is CCCNC(=O)C1CCN2C(=O)C(C(=O)C3C(C)C=CC4CCCCC43)=CC12O. The molecule has 6 atom stereocenters. The van der Waals surface area contributed by atoms with E-state index < -0.39 is 17.6 Å². The van der Waals surface area contributed by atoms with Crippen LogP contribution in [0.5, 0.6) is 0 Å². The molecule has 0 radical (unpaired) electrons. The topological polar surface area (TPSA) is 86.7 Å². The number of hydrogen-bond donors (Lipinski definition) is 2. The lowest BCUT2D eigenvalue weighted by molar-refractivity contribution is -0.146. The molecule has 2 fully saturated rings. The quantitative estimate of drug-likeness (QED) is 0.547. The molecule has 6 nitrogen and oxygen atoms in total. The van der Waals surface area contributed by atoms with Crippen molar-refractivity contribution in [2.75, 3.05) is 13.1 Å². The Kier molecular flexibility index (Phi) is 5.40. The van der Waals surface area contributed by atoms with Crippen LogP contribution in [0.3, 0.4) is 0 Å². The van der Waals surface area contributed by atoms with Crippen molar-refractivity contribution in [3.8, 4) is 0 Å². The van der Waals surface area contributed by atoms with Gasteiger partial charge in [0.05, 0.1) is 11.5 Å². The molecule has 1 saturated carbocycles. The average molecular weight is 401 g/mol. The number of amides is 2. The summed E-state index contributed by atoms with van der Waals surface area (Å²) in [7, 11) is 0. The van der Waals surface area contributed by atoms with Crippen molar-refractivity contribution in [2.24, 2.45) is 29.6 Å². The van der Waals surface area contributed by atoms with Crippen molar-refractivity contribution >= 4 is 17.6 Å². The summed E-state index contributed by atoms with van der Waals surface area (Å²) >= 11 is 0. The Labute approximate surface area is 172 Å². The lowest BCUT2D eigenvalue weighted by Gasteiger charge is -2.40. The Morgan fingerprint density at radius 3 is 2.76 bits per heavy atom. The number of aliphatic hydroxyl groups is 1. The zero-order chi connectivity index (χ0) is 20.8. The van der Waals surface area contributed by atoms with Crippen LogP contribution in [-0.2, 0) is 14.4 Å². The van der Waals surface area contributed by atoms with Crippen LogP contribution in [0.2, 0.25) is 0 Å². The van der Waals surface area contributed by atoms with Gasteiger partial charge in [0.15, 0.2) is 11.5 Å². The fourth-order valence-electron chi connectivity index (χ4n) is 5.89. The molecule has 6 unspecified atom stereocenters. The molecule has 0 aromatic rings. The first-order valence-corrected chi connectivity index (χ1v) is 11.2. The third-order valence-corrected chi connectivity index (χ3v) is 7.42. The summed E-state index contributed by atoms with van der Waals surface area (Å²) in [5, 5.41) is 14.1. The zero-order valence-corrected chi connectivity index (χ0v) is 17.4. The highest BCUT2D eigenvalue weighted by Crippen LogP contribution is 2.46. The molecular weight excluding hydrogens is 368 g/mol. The normalized spacial score (nSPS) is 38.4. The summed E-state index contributed by atoms with van der Waals surface area (Å²) in [6, 6.07) is 0. The Bertz CT molecular complexity index is 773. The van der Waals surface area contributed by atoms with E-state index in [1.807, 2.05) is 13.8 Å². The Hall–Kier alpha value is -1.95. The number of carbonyl (C=O) groups excluding carboxylic acids is 3. The predicted molar refractivity (Wildman–Crippen MR) is 108 cm³/mol. The second-order valence-electron chi connectivity index (χ2n) is 9.18. The lowest BCUT2D eigenvalue weighted by atomic mass is 9.63. The van der Waals surface area contributed by atoms with Crippen molar-refractivity contribution in [1.82, 2.24) is 10.2 Å². The number of ketones is 1. The van der Waals surface area contributed by atoms with Crippen LogP contribution in [0.4, 0.5) is 0 Å². The molecule has 29 heavy (non-hydrogen) atoms. The first kappa shape index (κ1) is 20.3. The maximum Gasteiger partial charge on any atom is 0.259 e. The maximum atomic E-state index is 13.5. The highest BCUT2D eigenvalue weighted by Gasteiger charge is 2.58. The smallest absolute Gasteiger partial charge is 0.259 e. The molecule has 0 bridgehead atoms. The van der Waals surface area contributed by atoms with Gasteiger partial charge < -0.3 is 15.3 Å². The highest BCUT2D eigenvalue weighted by molar-refractivity contribution is 6.22. The molecule has 0 aromatic heterocycles. The largest absolute Gasteiger partial charge is 0.366 e. The van der Waals surface area contributed by atoms with Crippen LogP contribution in [0, 0.1) is 29.6 Å². The second kappa shape index (κ2) is 7.71. The van der Waals surface area contributed by atoms with Gasteiger partial charge in [-0.3, -0.25) is 14.4 Å². The maximum absolute atomic E-state index is 13.5. The summed E-state index contributed by atoms with van der Waals surface area (Å²) in [5.41, 5.74) is -1.60. The van der Waals surface area contributed by atoms with Gasteiger partial charge in [0, 0.05) is 19.0 Å². The Morgan fingerprint density at radius 1 is 1.24 bits per heavy atom. The number of carbonyl (C=O) groups is 3. The first-order valence-electron chi connectivity index (χ1n) is 11.2. The van der Waals surface area contributed by atoms with Crippen LogP contribution in [-0.4, -0.2) is 46.4 Å². The standard InChI is InChI=1S/C23H32N2O4/c1-3-11-24-21(27)18-10-12-25-22(28)17(13-23(18,25)29)20(26)19-14(2)8-9-15-6-4-5-7-16(15)19/h8-9,13-16,18-19,29H,3-7,10-12H2,1-2H3,(H,24,27). The number of Topliss-reactive ketones (excluding diaryl/α,β-unsaturated/α-hetero) is 1. The van der Waals surface area contributed by atoms with Crippen LogP contribution in [0.15, 0.2) is 23.8 Å². The van der Waals surface area contributed by atoms with Crippen LogP contribution < -0.4 is 5.32 Å². The molecule has 2 amide bonds. The molecular formula is C23H32N2O4. The summed E-state index contributed by atoms with van der Waals surface area (Å²) in [4.78, 5) is 40.5. The van der Waals surface area contributed by atoms with Crippen molar-refractivity contribution in [2.45, 2.75) is 58.1 Å². The molecule has 4 rings (SSSR count). The molecule has 158 valence electrons. The minimum Gasteiger partial charge on any atom is -0.366 e. The summed E-state index contributed by atoms with van der Waals surface area (Å²) in [6.45, 7) is 4.83. The Morgan fingerprint density at radius 2 is 2.00 bits per heavy atom. The minimum absolute atomic E-state index is 0.0734. The molecule has 2 heterocycles. The van der Waals surface area contributed by atoms with Crippen molar-refractivity contribution in [1.29, 1.82) is 0 Å². The summed E-state index contributed by atoms with van der Waals surface area (Å²) in [6.07, 6.45) is 11.4. The van der Waals surface area contributed by atoms with Gasteiger partial charge in [-0.15, -0.1) is 0 Å². The van der Waals surface area contributed by atoms with Gasteiger partial charge in [0.1, 0.15) is 0 Å². The fourth-order valence-corrected chi connectivity index (χ4v) is 5.89. The Balaban J connectivity index is 1.60. The molecule has 1 saturated heterocycles. The number of fused-ring (bicyclic) bond motifs is 2. The molecule has 0 spiro atoms. The summed E-state index contributed by atoms with van der Waals surface area (Å²) in [5.74, 6) is -1.04. The van der Waals surface area contributed by atoms with Crippen molar-refractivity contribution in [3.05, 3.63) is 23.8 Å². The summed E-state index contributed by atoms with van der Waals surface area (Å²) < 4.78 is 0. The van der Waals surface area contributed by atoms with E-state index in [2.05, 4.69) is 17.5 Å². The zero-order valence-electron chi connectivity index (χ0n) is 17.4. The van der Waals surface area contributed by atoms with Gasteiger partial charge in [-0.2, -0.15) is 0 Å². The number of hydrogen-bond acceptors (Lipinski definition) is 4. The number of rotatable bonds is 5. The van der Waals surface area contributed by atoms with E-state index in [1.165, 1.54) is 17.4 Å². The third kappa shape index (κ3) is 3.25. The van der Waals surface area contributed by atoms with E-state index in [0.717, 1.165) is 25.7 Å². The van der Waals surface area contributed by atoms with E-state index in [0.29, 0.717) is 25.4 Å². The van der Waals surface area contributed by atoms with Crippen LogP contribution in [0.1, 0.15) is 52.4 Å². The van der Waals surface area contributed by atoms with Gasteiger partial charge >= 0.3 is 0 Å². The first-order chi connectivity index (χ1) is 13.9. The van der Waals surface area contributed by atoms with E-state index in [4.69, 9.17) is 0 Å². The van der Waals surface area contributed by atoms with Crippen LogP contribution >= 0.6 is 0 Å². The molecule has 0 aromatic carbocycles. The van der Waals surface area contributed by atoms with Crippen LogP contribution in [0.25, 0.3) is 0 Å². The molecule has 2 aliphatic carbocycles. The number of nitrogens with one attached hydrogen (secondary N) is 1. The van der Waals surface area contributed by atoms with E-state index in [1.54, 1.807) is 0 Å². The predicted octanol–water partition coefficient (Wildman–Crippen LogP) is 2.19. The lowest BCUT2D eigenvalue weighted by Crippen LogP contribution is -2.50. The second-order valence-corrected chi connectivity index (χ2v) is 9.18. The van der Waals surface area contributed by atoms with Gasteiger partial charge in [0.25, 0.3) is 5.91 Å². The molecule has 4 aliphatic rings. The monoisotopic (exact) mass is 400 g/mol. The molecule has 6 heteroatoms. The van der Waals surface area contributed by atoms with Crippen molar-refractivity contribution < 1.29 is 19.5 Å². The molecule has 2 aliphatic heterocycles. The highest BCUT2D eigenvalue weighted by atomic mass is 16.3. The van der Waals surface area contributed by atoms with Crippen molar-refractivity contribution in [3.63, 3.8) is 0 Å². The number of allylic oxidation sites excluding steroid dienone is 2. The molecule has 2 N–H and O–H groups in total. The average Bonchev–Trinajstić information content (AvgIpc) is 3.18. The van der Waals surface area contributed by atoms with Gasteiger partial charge in [-0.1, -0.05) is 38.8 Å². The third-order valence-electron chi connectivity index (χ3n) is 7.42.